The molecule has 1 rings (SSSR count). The van der Waals surface area contributed by atoms with Crippen molar-refractivity contribution in [1.82, 2.24) is 0 Å². The SMILES string of the molecule is OC1CC=CSC1O. The zero-order valence-corrected chi connectivity index (χ0v) is 5.14. The van der Waals surface area contributed by atoms with Gasteiger partial charge in [0, 0.05) is 0 Å². The summed E-state index contributed by atoms with van der Waals surface area (Å²) in [7, 11) is 0. The van der Waals surface area contributed by atoms with E-state index in [1.54, 1.807) is 5.41 Å². The summed E-state index contributed by atoms with van der Waals surface area (Å²) in [5, 5.41) is 19.5. The molecule has 0 saturated heterocycles. The third-order valence-corrected chi connectivity index (χ3v) is 1.96. The van der Waals surface area contributed by atoms with Crippen LogP contribution in [0.4, 0.5) is 0 Å². The van der Waals surface area contributed by atoms with Crippen molar-refractivity contribution in [2.45, 2.75) is 18.0 Å². The Bertz CT molecular complexity index is 90.6. The maximum atomic E-state index is 8.86. The number of hydrogen-bond donors (Lipinski definition) is 2. The molecule has 2 nitrogen and oxygen atoms in total. The van der Waals surface area contributed by atoms with Gasteiger partial charge in [-0.3, -0.25) is 0 Å². The van der Waals surface area contributed by atoms with Crippen LogP contribution in [0.1, 0.15) is 6.42 Å². The maximum absolute atomic E-state index is 8.86. The van der Waals surface area contributed by atoms with Crippen molar-refractivity contribution in [1.29, 1.82) is 0 Å². The van der Waals surface area contributed by atoms with Gasteiger partial charge in [0.05, 0.1) is 6.10 Å². The fourth-order valence-electron chi connectivity index (χ4n) is 0.538. The molecule has 46 valence electrons. The van der Waals surface area contributed by atoms with E-state index in [4.69, 9.17) is 10.2 Å². The lowest BCUT2D eigenvalue weighted by molar-refractivity contribution is 0.0749. The third-order valence-electron chi connectivity index (χ3n) is 1.02. The summed E-state index contributed by atoms with van der Waals surface area (Å²) < 4.78 is 0. The van der Waals surface area contributed by atoms with Gasteiger partial charge in [-0.25, -0.2) is 0 Å². The highest BCUT2D eigenvalue weighted by molar-refractivity contribution is 8.02. The molecule has 0 bridgehead atoms. The van der Waals surface area contributed by atoms with E-state index in [1.165, 1.54) is 11.8 Å². The van der Waals surface area contributed by atoms with Crippen LogP contribution in [-0.2, 0) is 0 Å². The van der Waals surface area contributed by atoms with Crippen LogP contribution in [-0.4, -0.2) is 21.8 Å². The van der Waals surface area contributed by atoms with Crippen molar-refractivity contribution >= 4 is 11.8 Å². The predicted octanol–water partition coefficient (Wildman–Crippen LogP) is 0.316. The first-order chi connectivity index (χ1) is 3.80. The minimum absolute atomic E-state index is 0.565. The molecule has 2 atom stereocenters. The van der Waals surface area contributed by atoms with E-state index in [9.17, 15) is 0 Å². The molecule has 8 heavy (non-hydrogen) atoms. The van der Waals surface area contributed by atoms with Gasteiger partial charge in [0.1, 0.15) is 5.44 Å². The Labute approximate surface area is 52.2 Å². The Morgan fingerprint density at radius 3 is 2.62 bits per heavy atom. The van der Waals surface area contributed by atoms with Gasteiger partial charge in [0.2, 0.25) is 0 Å². The zero-order valence-electron chi connectivity index (χ0n) is 4.32. The first kappa shape index (κ1) is 6.13. The number of aliphatic hydroxyl groups is 2. The van der Waals surface area contributed by atoms with E-state index in [0.29, 0.717) is 6.42 Å². The van der Waals surface area contributed by atoms with Gasteiger partial charge < -0.3 is 10.2 Å². The zero-order chi connectivity index (χ0) is 5.98. The predicted molar refractivity (Wildman–Crippen MR) is 33.4 cm³/mol. The number of aliphatic hydroxyl groups excluding tert-OH is 2. The van der Waals surface area contributed by atoms with E-state index in [0.717, 1.165) is 0 Å². The van der Waals surface area contributed by atoms with Crippen molar-refractivity contribution in [2.75, 3.05) is 0 Å². The molecule has 2 N–H and O–H groups in total. The molecule has 0 aromatic carbocycles. The van der Waals surface area contributed by atoms with Crippen molar-refractivity contribution in [2.24, 2.45) is 0 Å². The third kappa shape index (κ3) is 1.24. The Balaban J connectivity index is 2.44. The number of hydrogen-bond acceptors (Lipinski definition) is 3. The highest BCUT2D eigenvalue weighted by Crippen LogP contribution is 2.20. The topological polar surface area (TPSA) is 40.5 Å². The average molecular weight is 132 g/mol. The van der Waals surface area contributed by atoms with Gasteiger partial charge in [-0.05, 0) is 11.8 Å². The Kier molecular flexibility index (Phi) is 1.94. The van der Waals surface area contributed by atoms with Gasteiger partial charge >= 0.3 is 0 Å². The summed E-state index contributed by atoms with van der Waals surface area (Å²) in [5.41, 5.74) is -0.611. The van der Waals surface area contributed by atoms with Crippen LogP contribution in [0.3, 0.4) is 0 Å². The van der Waals surface area contributed by atoms with E-state index in [1.807, 2.05) is 6.08 Å². The molecule has 0 fully saturated rings. The average Bonchev–Trinajstić information content (AvgIpc) is 1.77. The van der Waals surface area contributed by atoms with Gasteiger partial charge in [0.15, 0.2) is 0 Å². The van der Waals surface area contributed by atoms with Gasteiger partial charge in [0.25, 0.3) is 0 Å². The van der Waals surface area contributed by atoms with E-state index >= 15 is 0 Å². The molecule has 2 unspecified atom stereocenters. The monoisotopic (exact) mass is 132 g/mol. The van der Waals surface area contributed by atoms with Crippen molar-refractivity contribution in [3.05, 3.63) is 11.5 Å². The molecule has 1 aliphatic rings. The lowest BCUT2D eigenvalue weighted by Crippen LogP contribution is -2.22. The molecule has 0 saturated carbocycles. The largest absolute Gasteiger partial charge is 0.389 e. The molecule has 0 amide bonds. The molecule has 0 aromatic rings. The van der Waals surface area contributed by atoms with Crippen molar-refractivity contribution < 1.29 is 10.2 Å². The Morgan fingerprint density at radius 1 is 1.50 bits per heavy atom. The van der Waals surface area contributed by atoms with Gasteiger partial charge in [-0.1, -0.05) is 6.08 Å². The smallest absolute Gasteiger partial charge is 0.129 e. The van der Waals surface area contributed by atoms with Crippen LogP contribution in [0.2, 0.25) is 0 Å². The first-order valence-electron chi connectivity index (χ1n) is 2.47. The minimum atomic E-state index is -0.611. The second kappa shape index (κ2) is 2.53. The molecule has 0 spiro atoms. The summed E-state index contributed by atoms with van der Waals surface area (Å²) in [6, 6.07) is 0. The van der Waals surface area contributed by atoms with Crippen LogP contribution in [0, 0.1) is 0 Å². The molecule has 0 aliphatic carbocycles. The van der Waals surface area contributed by atoms with Crippen LogP contribution in [0.25, 0.3) is 0 Å². The minimum Gasteiger partial charge on any atom is -0.389 e. The quantitative estimate of drug-likeness (QED) is 0.498. The standard InChI is InChI=1S/C5H8O2S/c6-4-2-1-3-8-5(4)7/h1,3-7H,2H2. The lowest BCUT2D eigenvalue weighted by Gasteiger charge is -2.16. The second-order valence-electron chi connectivity index (χ2n) is 1.70. The normalized spacial score (nSPS) is 37.8. The molecular formula is C5H8O2S. The fourth-order valence-corrected chi connectivity index (χ4v) is 1.21. The maximum Gasteiger partial charge on any atom is 0.129 e. The first-order valence-corrected chi connectivity index (χ1v) is 3.41. The molecule has 3 heteroatoms. The summed E-state index contributed by atoms with van der Waals surface area (Å²) >= 11 is 1.25. The van der Waals surface area contributed by atoms with E-state index in [2.05, 4.69) is 0 Å². The van der Waals surface area contributed by atoms with E-state index in [-0.39, 0.29) is 0 Å². The number of rotatable bonds is 0. The Morgan fingerprint density at radius 2 is 2.25 bits per heavy atom. The number of thioether (sulfide) groups is 1. The fraction of sp³-hybridized carbons (Fsp3) is 0.600. The summed E-state index contributed by atoms with van der Waals surface area (Å²) in [6.45, 7) is 0. The van der Waals surface area contributed by atoms with Crippen LogP contribution >= 0.6 is 11.8 Å². The summed E-state index contributed by atoms with van der Waals surface area (Å²) in [5.74, 6) is 0. The summed E-state index contributed by atoms with van der Waals surface area (Å²) in [6.07, 6.45) is 1.86. The molecular weight excluding hydrogens is 124 g/mol. The van der Waals surface area contributed by atoms with Crippen LogP contribution in [0.5, 0.6) is 0 Å². The molecule has 0 aromatic heterocycles. The van der Waals surface area contributed by atoms with Crippen LogP contribution < -0.4 is 0 Å². The van der Waals surface area contributed by atoms with Crippen molar-refractivity contribution in [3.8, 4) is 0 Å². The highest BCUT2D eigenvalue weighted by atomic mass is 32.2. The molecule has 0 radical (unpaired) electrons. The molecule has 1 aliphatic heterocycles. The van der Waals surface area contributed by atoms with Crippen molar-refractivity contribution in [3.63, 3.8) is 0 Å². The molecule has 1 heterocycles. The van der Waals surface area contributed by atoms with Crippen LogP contribution in [0.15, 0.2) is 11.5 Å². The summed E-state index contributed by atoms with van der Waals surface area (Å²) in [4.78, 5) is 0. The Hall–Kier alpha value is 0.01000. The van der Waals surface area contributed by atoms with Gasteiger partial charge in [-0.15, -0.1) is 11.8 Å². The van der Waals surface area contributed by atoms with E-state index < -0.39 is 11.5 Å². The highest BCUT2D eigenvalue weighted by Gasteiger charge is 2.16. The van der Waals surface area contributed by atoms with Gasteiger partial charge in [-0.2, -0.15) is 0 Å². The second-order valence-corrected chi connectivity index (χ2v) is 2.73. The lowest BCUT2D eigenvalue weighted by atomic mass is 10.2.